The number of rotatable bonds is 6. The molecule has 2 N–H and O–H groups in total. The zero-order valence-electron chi connectivity index (χ0n) is 19.6. The fraction of sp³-hybridized carbons (Fsp3) is 0.462. The number of hydrogen-bond acceptors (Lipinski definition) is 5. The van der Waals surface area contributed by atoms with Crippen molar-refractivity contribution in [2.75, 3.05) is 26.2 Å². The maximum absolute atomic E-state index is 13.2. The molecule has 2 aromatic rings. The Kier molecular flexibility index (Phi) is 7.67. The number of benzene rings is 2. The molecule has 8 heteroatoms. The summed E-state index contributed by atoms with van der Waals surface area (Å²) in [5.74, 6) is 0.371. The van der Waals surface area contributed by atoms with Crippen molar-refractivity contribution in [1.82, 2.24) is 14.9 Å². The van der Waals surface area contributed by atoms with Gasteiger partial charge in [-0.1, -0.05) is 18.2 Å². The van der Waals surface area contributed by atoms with Gasteiger partial charge in [-0.2, -0.15) is 5.26 Å². The second-order valence-corrected chi connectivity index (χ2v) is 11.3. The summed E-state index contributed by atoms with van der Waals surface area (Å²) in [5, 5.41) is 11.8. The average Bonchev–Trinajstić information content (AvgIpc) is 2.88. The van der Waals surface area contributed by atoms with E-state index in [1.165, 1.54) is 5.56 Å². The summed E-state index contributed by atoms with van der Waals surface area (Å²) >= 11 is 0. The van der Waals surface area contributed by atoms with Gasteiger partial charge in [0, 0.05) is 25.2 Å². The third kappa shape index (κ3) is 5.66. The molecule has 0 aliphatic carbocycles. The predicted molar refractivity (Wildman–Crippen MR) is 132 cm³/mol. The van der Waals surface area contributed by atoms with Gasteiger partial charge in [-0.25, -0.2) is 13.1 Å². The Morgan fingerprint density at radius 1 is 1.09 bits per heavy atom. The van der Waals surface area contributed by atoms with Crippen LogP contribution in [0.15, 0.2) is 42.5 Å². The minimum Gasteiger partial charge on any atom is -0.339 e. The minimum absolute atomic E-state index is 0.0132. The third-order valence-corrected chi connectivity index (χ3v) is 8.97. The van der Waals surface area contributed by atoms with Crippen molar-refractivity contribution in [3.05, 3.63) is 70.3 Å². The summed E-state index contributed by atoms with van der Waals surface area (Å²) in [5.41, 5.74) is 4.26. The Labute approximate surface area is 202 Å². The third-order valence-electron chi connectivity index (χ3n) is 7.08. The molecule has 0 saturated carbocycles. The number of carbonyl (C=O) groups excluding carboxylic acids is 1. The lowest BCUT2D eigenvalue weighted by atomic mass is 9.89. The minimum atomic E-state index is -3.39. The fourth-order valence-electron chi connectivity index (χ4n) is 4.83. The van der Waals surface area contributed by atoms with Gasteiger partial charge >= 0.3 is 0 Å². The van der Waals surface area contributed by atoms with E-state index in [0.29, 0.717) is 43.0 Å². The second kappa shape index (κ2) is 10.7. The SMILES string of the molecule is Cc1ccc(C(=O)N2CCC(c3ccc(C#N)cc3)CC2)cc1CNS(=O)(=O)C1CCNCC1. The van der Waals surface area contributed by atoms with Gasteiger partial charge in [0.2, 0.25) is 10.0 Å². The maximum atomic E-state index is 13.2. The van der Waals surface area contributed by atoms with E-state index in [4.69, 9.17) is 5.26 Å². The van der Waals surface area contributed by atoms with E-state index < -0.39 is 10.0 Å². The van der Waals surface area contributed by atoms with Crippen LogP contribution in [0.25, 0.3) is 0 Å². The van der Waals surface area contributed by atoms with Crippen molar-refractivity contribution in [2.24, 2.45) is 0 Å². The van der Waals surface area contributed by atoms with Crippen LogP contribution in [0.4, 0.5) is 0 Å². The van der Waals surface area contributed by atoms with Gasteiger partial charge in [0.25, 0.3) is 5.91 Å². The van der Waals surface area contributed by atoms with Crippen molar-refractivity contribution in [3.8, 4) is 6.07 Å². The number of nitriles is 1. The number of likely N-dealkylation sites (tertiary alicyclic amines) is 1. The molecule has 2 saturated heterocycles. The Morgan fingerprint density at radius 2 is 1.76 bits per heavy atom. The van der Waals surface area contributed by atoms with Crippen molar-refractivity contribution in [3.63, 3.8) is 0 Å². The Balaban J connectivity index is 1.37. The maximum Gasteiger partial charge on any atom is 0.253 e. The zero-order chi connectivity index (χ0) is 24.1. The van der Waals surface area contributed by atoms with Gasteiger partial charge in [-0.05, 0) is 92.6 Å². The van der Waals surface area contributed by atoms with Gasteiger partial charge in [0.05, 0.1) is 16.9 Å². The predicted octanol–water partition coefficient (Wildman–Crippen LogP) is 3.06. The number of nitrogens with one attached hydrogen (secondary N) is 2. The van der Waals surface area contributed by atoms with E-state index in [9.17, 15) is 13.2 Å². The first-order valence-corrected chi connectivity index (χ1v) is 13.5. The lowest BCUT2D eigenvalue weighted by Gasteiger charge is -2.32. The van der Waals surface area contributed by atoms with Crippen LogP contribution in [0.5, 0.6) is 0 Å². The summed E-state index contributed by atoms with van der Waals surface area (Å²) < 4.78 is 28.1. The first kappa shape index (κ1) is 24.4. The van der Waals surface area contributed by atoms with E-state index in [2.05, 4.69) is 16.1 Å². The quantitative estimate of drug-likeness (QED) is 0.662. The van der Waals surface area contributed by atoms with Gasteiger partial charge in [-0.3, -0.25) is 4.79 Å². The molecule has 0 atom stereocenters. The normalized spacial score (nSPS) is 17.9. The number of aryl methyl sites for hydroxylation is 1. The Morgan fingerprint density at radius 3 is 2.41 bits per heavy atom. The van der Waals surface area contributed by atoms with Crippen LogP contribution in [0.1, 0.15) is 64.2 Å². The summed E-state index contributed by atoms with van der Waals surface area (Å²) in [4.78, 5) is 15.1. The molecule has 2 aliphatic heterocycles. The molecule has 0 spiro atoms. The molecule has 0 bridgehead atoms. The standard InChI is InChI=1S/C26H32N4O3S/c1-19-2-5-23(16-24(19)18-29-34(32,33)25-8-12-28-13-9-25)26(31)30-14-10-22(11-15-30)21-6-3-20(17-27)4-7-21/h2-7,16,22,25,28-29H,8-15,18H2,1H3. The van der Waals surface area contributed by atoms with E-state index >= 15 is 0 Å². The fourth-order valence-corrected chi connectivity index (χ4v) is 6.27. The van der Waals surface area contributed by atoms with E-state index in [1.54, 1.807) is 0 Å². The first-order chi connectivity index (χ1) is 16.4. The highest BCUT2D eigenvalue weighted by molar-refractivity contribution is 7.90. The zero-order valence-corrected chi connectivity index (χ0v) is 20.4. The average molecular weight is 481 g/mol. The summed E-state index contributed by atoms with van der Waals surface area (Å²) in [7, 11) is -3.39. The second-order valence-electron chi connectivity index (χ2n) is 9.26. The largest absolute Gasteiger partial charge is 0.339 e. The molecule has 4 rings (SSSR count). The molecule has 2 heterocycles. The van der Waals surface area contributed by atoms with Crippen LogP contribution < -0.4 is 10.0 Å². The Hall–Kier alpha value is -2.73. The van der Waals surface area contributed by atoms with Crippen molar-refractivity contribution in [1.29, 1.82) is 5.26 Å². The van der Waals surface area contributed by atoms with Crippen molar-refractivity contribution in [2.45, 2.75) is 50.3 Å². The highest BCUT2D eigenvalue weighted by Gasteiger charge is 2.28. The van der Waals surface area contributed by atoms with Gasteiger partial charge in [-0.15, -0.1) is 0 Å². The van der Waals surface area contributed by atoms with Gasteiger partial charge < -0.3 is 10.2 Å². The molecular formula is C26H32N4O3S. The highest BCUT2D eigenvalue weighted by atomic mass is 32.2. The van der Waals surface area contributed by atoms with Crippen molar-refractivity contribution < 1.29 is 13.2 Å². The lowest BCUT2D eigenvalue weighted by molar-refractivity contribution is 0.0713. The Bertz CT molecular complexity index is 1160. The van der Waals surface area contributed by atoms with E-state index in [1.807, 2.05) is 54.3 Å². The van der Waals surface area contributed by atoms with Gasteiger partial charge in [0.1, 0.15) is 0 Å². The monoisotopic (exact) mass is 480 g/mol. The lowest BCUT2D eigenvalue weighted by Crippen LogP contribution is -2.41. The molecule has 0 radical (unpaired) electrons. The summed E-state index contributed by atoms with van der Waals surface area (Å²) in [6.45, 7) is 4.92. The summed E-state index contributed by atoms with van der Waals surface area (Å²) in [6, 6.07) is 15.4. The number of piperidine rings is 2. The molecule has 0 unspecified atom stereocenters. The molecule has 34 heavy (non-hydrogen) atoms. The highest BCUT2D eigenvalue weighted by Crippen LogP contribution is 2.29. The van der Waals surface area contributed by atoms with Crippen LogP contribution in [0, 0.1) is 18.3 Å². The molecular weight excluding hydrogens is 448 g/mol. The smallest absolute Gasteiger partial charge is 0.253 e. The molecule has 2 aromatic carbocycles. The topological polar surface area (TPSA) is 102 Å². The number of carbonyl (C=O) groups is 1. The molecule has 1 amide bonds. The van der Waals surface area contributed by atoms with Crippen LogP contribution in [0.3, 0.4) is 0 Å². The molecule has 2 fully saturated rings. The first-order valence-electron chi connectivity index (χ1n) is 12.0. The molecule has 180 valence electrons. The number of sulfonamides is 1. The van der Waals surface area contributed by atoms with E-state index in [-0.39, 0.29) is 17.7 Å². The number of amides is 1. The number of nitrogens with zero attached hydrogens (tertiary/aromatic N) is 2. The van der Waals surface area contributed by atoms with Gasteiger partial charge in [0.15, 0.2) is 0 Å². The molecule has 2 aliphatic rings. The van der Waals surface area contributed by atoms with Crippen LogP contribution in [-0.4, -0.2) is 50.7 Å². The molecule has 7 nitrogen and oxygen atoms in total. The number of hydrogen-bond donors (Lipinski definition) is 2. The molecule has 0 aromatic heterocycles. The van der Waals surface area contributed by atoms with Crippen LogP contribution >= 0.6 is 0 Å². The van der Waals surface area contributed by atoms with E-state index in [0.717, 1.165) is 37.1 Å². The van der Waals surface area contributed by atoms with Crippen LogP contribution in [0.2, 0.25) is 0 Å². The van der Waals surface area contributed by atoms with Crippen LogP contribution in [-0.2, 0) is 16.6 Å². The van der Waals surface area contributed by atoms with Crippen molar-refractivity contribution >= 4 is 15.9 Å². The summed E-state index contributed by atoms with van der Waals surface area (Å²) in [6.07, 6.45) is 3.00.